The molecule has 0 fully saturated rings. The lowest BCUT2D eigenvalue weighted by Gasteiger charge is -2.18. The van der Waals surface area contributed by atoms with Crippen LogP contribution in [0.25, 0.3) is 11.3 Å². The van der Waals surface area contributed by atoms with Gasteiger partial charge >= 0.3 is 0 Å². The van der Waals surface area contributed by atoms with Crippen molar-refractivity contribution in [2.24, 2.45) is 4.40 Å². The van der Waals surface area contributed by atoms with E-state index in [0.29, 0.717) is 11.3 Å². The Morgan fingerprint density at radius 1 is 1.17 bits per heavy atom. The molecule has 1 amide bonds. The largest absolute Gasteiger partial charge is 0.349 e. The number of carbonyl (C=O) groups excluding carboxylic acids is 1. The fraction of sp³-hybridized carbons (Fsp3) is 0.150. The maximum absolute atomic E-state index is 12.5. The molecule has 0 saturated carbocycles. The number of aromatic nitrogens is 1. The van der Waals surface area contributed by atoms with Gasteiger partial charge in [0.05, 0.1) is 17.2 Å². The van der Waals surface area contributed by atoms with Gasteiger partial charge in [0.15, 0.2) is 5.84 Å². The molecule has 1 N–H and O–H groups in total. The van der Waals surface area contributed by atoms with Crippen LogP contribution in [0.4, 0.5) is 5.69 Å². The van der Waals surface area contributed by atoms with E-state index < -0.39 is 10.0 Å². The number of hydrogen-bond donors (Lipinski definition) is 1. The summed E-state index contributed by atoms with van der Waals surface area (Å²) in [5.41, 5.74) is 2.93. The van der Waals surface area contributed by atoms with Crippen molar-refractivity contribution >= 4 is 38.8 Å². The van der Waals surface area contributed by atoms with Crippen LogP contribution in [0, 0.1) is 6.92 Å². The summed E-state index contributed by atoms with van der Waals surface area (Å²) >= 11 is 1.57. The van der Waals surface area contributed by atoms with Gasteiger partial charge in [-0.3, -0.25) is 4.79 Å². The topological polar surface area (TPSA) is 91.7 Å². The quantitative estimate of drug-likeness (QED) is 0.692. The zero-order valence-corrected chi connectivity index (χ0v) is 17.4. The molecule has 1 aromatic heterocycles. The molecule has 2 aromatic carbocycles. The number of aryl methyl sites for hydroxylation is 1. The van der Waals surface area contributed by atoms with Crippen LogP contribution in [-0.2, 0) is 14.8 Å². The number of rotatable bonds is 4. The van der Waals surface area contributed by atoms with Gasteiger partial charge in [-0.1, -0.05) is 24.3 Å². The van der Waals surface area contributed by atoms with Crippen LogP contribution in [0.3, 0.4) is 0 Å². The van der Waals surface area contributed by atoms with Gasteiger partial charge in [-0.25, -0.2) is 4.98 Å². The Kier molecular flexibility index (Phi) is 4.93. The van der Waals surface area contributed by atoms with E-state index in [1.54, 1.807) is 42.6 Å². The van der Waals surface area contributed by atoms with Gasteiger partial charge in [-0.2, -0.15) is 8.42 Å². The number of benzene rings is 2. The monoisotopic (exact) mass is 426 g/mol. The van der Waals surface area contributed by atoms with E-state index >= 15 is 0 Å². The van der Waals surface area contributed by atoms with Gasteiger partial charge < -0.3 is 10.2 Å². The summed E-state index contributed by atoms with van der Waals surface area (Å²) in [5.74, 6) is -0.00830. The van der Waals surface area contributed by atoms with Crippen LogP contribution in [-0.4, -0.2) is 43.6 Å². The van der Waals surface area contributed by atoms with E-state index in [9.17, 15) is 13.2 Å². The van der Waals surface area contributed by atoms with Crippen LogP contribution in [0.5, 0.6) is 0 Å². The van der Waals surface area contributed by atoms with Crippen molar-refractivity contribution in [3.05, 3.63) is 64.5 Å². The molecule has 0 unspecified atom stereocenters. The lowest BCUT2D eigenvalue weighted by molar-refractivity contribution is -0.116. The minimum absolute atomic E-state index is 0.0390. The highest BCUT2D eigenvalue weighted by Gasteiger charge is 2.30. The van der Waals surface area contributed by atoms with E-state index in [1.807, 2.05) is 30.5 Å². The average molecular weight is 427 g/mol. The molecule has 7 nitrogen and oxygen atoms in total. The molecule has 2 heterocycles. The second-order valence-electron chi connectivity index (χ2n) is 6.62. The van der Waals surface area contributed by atoms with Crippen LogP contribution in [0.1, 0.15) is 10.6 Å². The first-order valence-electron chi connectivity index (χ1n) is 8.81. The summed E-state index contributed by atoms with van der Waals surface area (Å²) in [7, 11) is -2.08. The molecule has 9 heteroatoms. The number of hydrogen-bond acceptors (Lipinski definition) is 6. The summed E-state index contributed by atoms with van der Waals surface area (Å²) in [6.07, 6.45) is 0. The van der Waals surface area contributed by atoms with Crippen molar-refractivity contribution in [3.8, 4) is 11.3 Å². The van der Waals surface area contributed by atoms with Crippen LogP contribution >= 0.6 is 11.3 Å². The highest BCUT2D eigenvalue weighted by atomic mass is 32.2. The fourth-order valence-corrected chi connectivity index (χ4v) is 4.98. The van der Waals surface area contributed by atoms with Gasteiger partial charge in [0, 0.05) is 29.2 Å². The Morgan fingerprint density at radius 2 is 1.97 bits per heavy atom. The van der Waals surface area contributed by atoms with E-state index in [0.717, 1.165) is 16.3 Å². The van der Waals surface area contributed by atoms with Gasteiger partial charge in [0.25, 0.3) is 10.0 Å². The number of nitrogens with one attached hydrogen (secondary N) is 1. The predicted molar refractivity (Wildman–Crippen MR) is 114 cm³/mol. The highest BCUT2D eigenvalue weighted by molar-refractivity contribution is 7.90. The SMILES string of the molecule is Cc1nc(-c2cccc(NC(=O)CN(C)C3=NS(=O)(=O)c4ccccc43)c2)cs1. The second kappa shape index (κ2) is 7.41. The van der Waals surface area contributed by atoms with Gasteiger partial charge in [0.2, 0.25) is 5.91 Å². The molecular formula is C20H18N4O3S2. The van der Waals surface area contributed by atoms with Crippen LogP contribution in [0.2, 0.25) is 0 Å². The second-order valence-corrected chi connectivity index (χ2v) is 9.26. The van der Waals surface area contributed by atoms with Crippen LogP contribution < -0.4 is 5.32 Å². The van der Waals surface area contributed by atoms with Gasteiger partial charge in [-0.15, -0.1) is 15.7 Å². The first-order valence-corrected chi connectivity index (χ1v) is 11.1. The standard InChI is InChI=1S/C20H18N4O3S2/c1-13-21-17(12-28-13)14-6-5-7-15(10-14)22-19(25)11-24(2)20-16-8-3-4-9-18(16)29(26,27)23-20/h3-10,12H,11H2,1-2H3,(H,22,25). The first kappa shape index (κ1) is 19.3. The number of nitrogens with zero attached hydrogens (tertiary/aromatic N) is 3. The fourth-order valence-electron chi connectivity index (χ4n) is 3.11. The normalized spacial score (nSPS) is 14.2. The number of fused-ring (bicyclic) bond motifs is 1. The average Bonchev–Trinajstić information content (AvgIpc) is 3.23. The summed E-state index contributed by atoms with van der Waals surface area (Å²) in [6.45, 7) is 1.91. The number of sulfonamides is 1. The maximum atomic E-state index is 12.5. The van der Waals surface area contributed by atoms with E-state index in [1.165, 1.54) is 11.0 Å². The Labute approximate surface area is 172 Å². The number of thiazole rings is 1. The minimum atomic E-state index is -3.72. The highest BCUT2D eigenvalue weighted by Crippen LogP contribution is 2.27. The number of amides is 1. The van der Waals surface area contributed by atoms with Crippen molar-refractivity contribution in [1.29, 1.82) is 0 Å². The van der Waals surface area contributed by atoms with Crippen molar-refractivity contribution in [2.75, 3.05) is 18.9 Å². The van der Waals surface area contributed by atoms with Gasteiger partial charge in [0.1, 0.15) is 4.90 Å². The van der Waals surface area contributed by atoms with Crippen molar-refractivity contribution in [3.63, 3.8) is 0 Å². The first-order chi connectivity index (χ1) is 13.8. The number of anilines is 1. The lowest BCUT2D eigenvalue weighted by Crippen LogP contribution is -2.34. The molecule has 0 radical (unpaired) electrons. The molecule has 0 aliphatic carbocycles. The minimum Gasteiger partial charge on any atom is -0.349 e. The summed E-state index contributed by atoms with van der Waals surface area (Å²) < 4.78 is 28.2. The molecular weight excluding hydrogens is 408 g/mol. The molecule has 1 aliphatic heterocycles. The molecule has 148 valence electrons. The molecule has 0 spiro atoms. The van der Waals surface area contributed by atoms with Crippen molar-refractivity contribution in [2.45, 2.75) is 11.8 Å². The zero-order valence-electron chi connectivity index (χ0n) is 15.8. The van der Waals surface area contributed by atoms with E-state index in [-0.39, 0.29) is 23.2 Å². The molecule has 0 bridgehead atoms. The molecule has 0 saturated heterocycles. The number of likely N-dealkylation sites (N-methyl/N-ethyl adjacent to an activating group) is 1. The molecule has 29 heavy (non-hydrogen) atoms. The Morgan fingerprint density at radius 3 is 2.72 bits per heavy atom. The summed E-state index contributed by atoms with van der Waals surface area (Å²) in [5, 5.41) is 5.80. The van der Waals surface area contributed by atoms with Crippen molar-refractivity contribution < 1.29 is 13.2 Å². The molecule has 4 rings (SSSR count). The third kappa shape index (κ3) is 3.92. The third-order valence-electron chi connectivity index (χ3n) is 4.42. The van der Waals surface area contributed by atoms with Crippen LogP contribution in [0.15, 0.2) is 63.2 Å². The molecule has 1 aliphatic rings. The Bertz CT molecular complexity index is 1230. The molecule has 3 aromatic rings. The summed E-state index contributed by atoms with van der Waals surface area (Å²) in [4.78, 5) is 18.7. The van der Waals surface area contributed by atoms with E-state index in [4.69, 9.17) is 0 Å². The Hall–Kier alpha value is -3.04. The summed E-state index contributed by atoms with van der Waals surface area (Å²) in [6, 6.07) is 14.0. The Balaban J connectivity index is 1.48. The lowest BCUT2D eigenvalue weighted by atomic mass is 10.1. The molecule has 0 atom stereocenters. The van der Waals surface area contributed by atoms with E-state index in [2.05, 4.69) is 14.7 Å². The maximum Gasteiger partial charge on any atom is 0.285 e. The number of carbonyl (C=O) groups is 1. The number of amidine groups is 1. The van der Waals surface area contributed by atoms with Gasteiger partial charge in [-0.05, 0) is 31.2 Å². The predicted octanol–water partition coefficient (Wildman–Crippen LogP) is 3.14. The smallest absolute Gasteiger partial charge is 0.285 e. The van der Waals surface area contributed by atoms with Crippen molar-refractivity contribution in [1.82, 2.24) is 9.88 Å². The third-order valence-corrected chi connectivity index (χ3v) is 6.51. The zero-order chi connectivity index (χ0) is 20.6.